The Morgan fingerprint density at radius 1 is 0.967 bits per heavy atom. The average Bonchev–Trinajstić information content (AvgIpc) is 3.13. The number of carbonyl (C=O) groups excluding carboxylic acids is 2. The van der Waals surface area contributed by atoms with Gasteiger partial charge in [-0.05, 0) is 72.8 Å². The summed E-state index contributed by atoms with van der Waals surface area (Å²) in [6.07, 6.45) is 0.194. The number of hydrogen-bond acceptors (Lipinski definition) is 3. The summed E-state index contributed by atoms with van der Waals surface area (Å²) in [5, 5.41) is 3.53. The zero-order chi connectivity index (χ0) is 21.1. The van der Waals surface area contributed by atoms with Gasteiger partial charge in [-0.15, -0.1) is 0 Å². The van der Waals surface area contributed by atoms with Gasteiger partial charge in [0.15, 0.2) is 0 Å². The molecule has 0 aromatic heterocycles. The SMILES string of the molecule is O=C(Nc1ccc(Oc2ccc(Cl)cc2)cc1)[C@H]1CC(=O)N(c2ccc(Br)cc2)C1. The molecule has 1 fully saturated rings. The number of ether oxygens (including phenoxy) is 1. The maximum absolute atomic E-state index is 12.7. The van der Waals surface area contributed by atoms with Crippen LogP contribution < -0.4 is 15.0 Å². The van der Waals surface area contributed by atoms with Crippen molar-refractivity contribution in [2.24, 2.45) is 5.92 Å². The minimum Gasteiger partial charge on any atom is -0.457 e. The average molecular weight is 486 g/mol. The molecule has 1 aliphatic heterocycles. The van der Waals surface area contributed by atoms with Gasteiger partial charge in [-0.2, -0.15) is 0 Å². The molecular formula is C23H18BrClN2O3. The molecule has 4 rings (SSSR count). The molecule has 0 unspecified atom stereocenters. The highest BCUT2D eigenvalue weighted by Gasteiger charge is 2.35. The number of halogens is 2. The van der Waals surface area contributed by atoms with Crippen LogP contribution in [-0.2, 0) is 9.59 Å². The normalized spacial score (nSPS) is 15.9. The number of anilines is 2. The van der Waals surface area contributed by atoms with Gasteiger partial charge < -0.3 is 15.0 Å². The zero-order valence-corrected chi connectivity index (χ0v) is 18.2. The van der Waals surface area contributed by atoms with E-state index in [2.05, 4.69) is 21.2 Å². The number of amides is 2. The summed E-state index contributed by atoms with van der Waals surface area (Å²) in [4.78, 5) is 26.7. The number of carbonyl (C=O) groups is 2. The van der Waals surface area contributed by atoms with Crippen LogP contribution in [-0.4, -0.2) is 18.4 Å². The number of nitrogens with zero attached hydrogens (tertiary/aromatic N) is 1. The van der Waals surface area contributed by atoms with Crippen LogP contribution in [0.3, 0.4) is 0 Å². The Morgan fingerprint density at radius 2 is 1.57 bits per heavy atom. The molecule has 5 nitrogen and oxygen atoms in total. The first-order valence-corrected chi connectivity index (χ1v) is 10.6. The molecule has 1 heterocycles. The molecule has 3 aromatic rings. The summed E-state index contributed by atoms with van der Waals surface area (Å²) in [5.41, 5.74) is 1.44. The van der Waals surface area contributed by atoms with Crippen LogP contribution in [0.1, 0.15) is 6.42 Å². The van der Waals surface area contributed by atoms with E-state index in [1.807, 2.05) is 24.3 Å². The molecule has 30 heavy (non-hydrogen) atoms. The molecule has 3 aromatic carbocycles. The molecule has 1 saturated heterocycles. The standard InChI is InChI=1S/C23H18BrClN2O3/c24-16-1-7-19(8-2-16)27-14-15(13-22(27)28)23(29)26-18-5-11-21(12-6-18)30-20-9-3-17(25)4-10-20/h1-12,15H,13-14H2,(H,26,29)/t15-/m0/s1. The van der Waals surface area contributed by atoms with Gasteiger partial charge in [0.2, 0.25) is 11.8 Å². The summed E-state index contributed by atoms with van der Waals surface area (Å²) in [6, 6.07) is 21.7. The summed E-state index contributed by atoms with van der Waals surface area (Å²) in [5.74, 6) is 0.700. The van der Waals surface area contributed by atoms with Crippen LogP contribution in [0.5, 0.6) is 11.5 Å². The van der Waals surface area contributed by atoms with Crippen LogP contribution >= 0.6 is 27.5 Å². The monoisotopic (exact) mass is 484 g/mol. The smallest absolute Gasteiger partial charge is 0.229 e. The molecular weight excluding hydrogens is 468 g/mol. The Kier molecular flexibility index (Phi) is 6.06. The summed E-state index contributed by atoms with van der Waals surface area (Å²) in [7, 11) is 0. The van der Waals surface area contributed by atoms with E-state index in [1.165, 1.54) is 0 Å². The van der Waals surface area contributed by atoms with Gasteiger partial charge in [0.1, 0.15) is 11.5 Å². The molecule has 0 aliphatic carbocycles. The van der Waals surface area contributed by atoms with Crippen molar-refractivity contribution in [2.75, 3.05) is 16.8 Å². The Hall–Kier alpha value is -2.83. The van der Waals surface area contributed by atoms with Crippen LogP contribution in [0.2, 0.25) is 5.02 Å². The van der Waals surface area contributed by atoms with Crippen molar-refractivity contribution in [1.29, 1.82) is 0 Å². The van der Waals surface area contributed by atoms with E-state index in [-0.39, 0.29) is 18.2 Å². The summed E-state index contributed by atoms with van der Waals surface area (Å²) in [6.45, 7) is 0.365. The van der Waals surface area contributed by atoms with Crippen molar-refractivity contribution in [3.63, 3.8) is 0 Å². The van der Waals surface area contributed by atoms with E-state index < -0.39 is 5.92 Å². The van der Waals surface area contributed by atoms with Crippen molar-refractivity contribution in [2.45, 2.75) is 6.42 Å². The molecule has 0 saturated carbocycles. The summed E-state index contributed by atoms with van der Waals surface area (Å²) < 4.78 is 6.69. The van der Waals surface area contributed by atoms with Gasteiger partial charge in [-0.3, -0.25) is 9.59 Å². The van der Waals surface area contributed by atoms with Crippen molar-refractivity contribution < 1.29 is 14.3 Å². The Bertz CT molecular complexity index is 1050. The highest BCUT2D eigenvalue weighted by molar-refractivity contribution is 9.10. The van der Waals surface area contributed by atoms with Crippen LogP contribution in [0.4, 0.5) is 11.4 Å². The quantitative estimate of drug-likeness (QED) is 0.490. The fourth-order valence-electron chi connectivity index (χ4n) is 3.24. The van der Waals surface area contributed by atoms with Gasteiger partial charge in [0.25, 0.3) is 0 Å². The number of hydrogen-bond donors (Lipinski definition) is 1. The molecule has 0 radical (unpaired) electrons. The fourth-order valence-corrected chi connectivity index (χ4v) is 3.63. The topological polar surface area (TPSA) is 58.6 Å². The Balaban J connectivity index is 1.36. The van der Waals surface area contributed by atoms with Crippen LogP contribution in [0.15, 0.2) is 77.3 Å². The molecule has 7 heteroatoms. The zero-order valence-electron chi connectivity index (χ0n) is 15.8. The lowest BCUT2D eigenvalue weighted by Crippen LogP contribution is -2.28. The van der Waals surface area contributed by atoms with Crippen LogP contribution in [0, 0.1) is 5.92 Å². The third-order valence-electron chi connectivity index (χ3n) is 4.81. The third kappa shape index (κ3) is 4.83. The van der Waals surface area contributed by atoms with Crippen LogP contribution in [0.25, 0.3) is 0 Å². The van der Waals surface area contributed by atoms with Crippen molar-refractivity contribution in [3.05, 3.63) is 82.3 Å². The van der Waals surface area contributed by atoms with E-state index in [4.69, 9.17) is 16.3 Å². The maximum atomic E-state index is 12.7. The minimum atomic E-state index is -0.397. The van der Waals surface area contributed by atoms with Crippen molar-refractivity contribution in [1.82, 2.24) is 0 Å². The first-order valence-electron chi connectivity index (χ1n) is 9.38. The van der Waals surface area contributed by atoms with E-state index in [0.717, 1.165) is 10.2 Å². The molecule has 1 aliphatic rings. The molecule has 1 atom stereocenters. The largest absolute Gasteiger partial charge is 0.457 e. The molecule has 152 valence electrons. The second-order valence-electron chi connectivity index (χ2n) is 6.95. The predicted molar refractivity (Wildman–Crippen MR) is 121 cm³/mol. The number of rotatable bonds is 5. The predicted octanol–water partition coefficient (Wildman–Crippen LogP) is 5.89. The van der Waals surface area contributed by atoms with Gasteiger partial charge in [-0.1, -0.05) is 27.5 Å². The first kappa shape index (κ1) is 20.4. The lowest BCUT2D eigenvalue weighted by atomic mass is 10.1. The van der Waals surface area contributed by atoms with E-state index in [0.29, 0.717) is 28.8 Å². The second kappa shape index (κ2) is 8.90. The maximum Gasteiger partial charge on any atom is 0.229 e. The van der Waals surface area contributed by atoms with Crippen molar-refractivity contribution in [3.8, 4) is 11.5 Å². The number of benzene rings is 3. The highest BCUT2D eigenvalue weighted by Crippen LogP contribution is 2.28. The summed E-state index contributed by atoms with van der Waals surface area (Å²) >= 11 is 9.26. The highest BCUT2D eigenvalue weighted by atomic mass is 79.9. The van der Waals surface area contributed by atoms with E-state index in [9.17, 15) is 9.59 Å². The lowest BCUT2D eigenvalue weighted by Gasteiger charge is -2.17. The third-order valence-corrected chi connectivity index (χ3v) is 5.59. The molecule has 1 N–H and O–H groups in total. The van der Waals surface area contributed by atoms with Gasteiger partial charge in [0, 0.05) is 33.8 Å². The molecule has 0 spiro atoms. The van der Waals surface area contributed by atoms with Crippen molar-refractivity contribution >= 4 is 50.7 Å². The van der Waals surface area contributed by atoms with E-state index >= 15 is 0 Å². The fraction of sp³-hybridized carbons (Fsp3) is 0.130. The first-order chi connectivity index (χ1) is 14.5. The van der Waals surface area contributed by atoms with Gasteiger partial charge >= 0.3 is 0 Å². The molecule has 0 bridgehead atoms. The van der Waals surface area contributed by atoms with E-state index in [1.54, 1.807) is 53.4 Å². The van der Waals surface area contributed by atoms with Gasteiger partial charge in [-0.25, -0.2) is 0 Å². The lowest BCUT2D eigenvalue weighted by molar-refractivity contribution is -0.122. The minimum absolute atomic E-state index is 0.0517. The van der Waals surface area contributed by atoms with Gasteiger partial charge in [0.05, 0.1) is 5.92 Å². The Labute approximate surface area is 187 Å². The molecule has 2 amide bonds. The number of nitrogens with one attached hydrogen (secondary N) is 1. The Morgan fingerprint density at radius 3 is 2.20 bits per heavy atom. The second-order valence-corrected chi connectivity index (χ2v) is 8.30.